The zero-order valence-corrected chi connectivity index (χ0v) is 24.4. The number of aliphatic hydroxyl groups excluding tert-OH is 1. The fourth-order valence-electron chi connectivity index (χ4n) is 5.70. The van der Waals surface area contributed by atoms with Crippen LogP contribution >= 0.6 is 0 Å². The van der Waals surface area contributed by atoms with Crippen LogP contribution in [0.25, 0.3) is 16.9 Å². The summed E-state index contributed by atoms with van der Waals surface area (Å²) in [4.78, 5) is 21.5. The Labute approximate surface area is 253 Å². The summed E-state index contributed by atoms with van der Waals surface area (Å²) in [6, 6.07) is 10.4. The van der Waals surface area contributed by atoms with E-state index in [-0.39, 0.29) is 47.7 Å². The number of fused-ring (bicyclic) bond motifs is 1. The fraction of sp³-hybridized carbons (Fsp3) is 0.367. The van der Waals surface area contributed by atoms with Crippen molar-refractivity contribution in [2.75, 3.05) is 33.4 Å². The Morgan fingerprint density at radius 3 is 2.36 bits per heavy atom. The fourth-order valence-corrected chi connectivity index (χ4v) is 5.70. The van der Waals surface area contributed by atoms with Crippen LogP contribution in [0.4, 0.5) is 26.3 Å². The van der Waals surface area contributed by atoms with Crippen molar-refractivity contribution in [3.63, 3.8) is 0 Å². The molecule has 1 saturated heterocycles. The summed E-state index contributed by atoms with van der Waals surface area (Å²) in [7, 11) is 1.46. The number of hydrogen-bond donors (Lipinski definition) is 1. The first-order valence-corrected chi connectivity index (χ1v) is 13.8. The minimum absolute atomic E-state index is 0.0235. The molecule has 2 aromatic heterocycles. The lowest BCUT2D eigenvalue weighted by molar-refractivity contribution is -0.275. The van der Waals surface area contributed by atoms with E-state index in [2.05, 4.69) is 14.8 Å². The van der Waals surface area contributed by atoms with Crippen molar-refractivity contribution in [2.45, 2.75) is 38.5 Å². The summed E-state index contributed by atoms with van der Waals surface area (Å²) in [5, 5.41) is 14.1. The van der Waals surface area contributed by atoms with Gasteiger partial charge in [-0.2, -0.15) is 18.3 Å². The molecule has 240 valence electrons. The third-order valence-corrected chi connectivity index (χ3v) is 7.78. The molecule has 0 bridgehead atoms. The summed E-state index contributed by atoms with van der Waals surface area (Å²) >= 11 is 0. The molecule has 15 heteroatoms. The van der Waals surface area contributed by atoms with E-state index >= 15 is 0 Å². The number of rotatable bonds is 7. The Balaban J connectivity index is 1.46. The molecular formula is C30H29F6N5O4. The zero-order chi connectivity index (χ0) is 32.7. The molecule has 4 aromatic rings. The highest BCUT2D eigenvalue weighted by Gasteiger charge is 2.40. The van der Waals surface area contributed by atoms with Crippen molar-refractivity contribution in [2.24, 2.45) is 0 Å². The van der Waals surface area contributed by atoms with Gasteiger partial charge < -0.3 is 19.5 Å². The summed E-state index contributed by atoms with van der Waals surface area (Å²) in [6.45, 7) is 2.83. The van der Waals surface area contributed by atoms with Gasteiger partial charge in [-0.25, -0.2) is 9.50 Å². The minimum Gasteiger partial charge on any atom is -0.497 e. The SMILES string of the molecule is COc1ccc(-c2nc3c(C(=O)N4CCN([C@@H](CO)c5ccccc5OC(F)(F)F)C[C@H]4C)cnn3c(C(F)(F)F)c2C)cc1. The Bertz CT molecular complexity index is 1690. The van der Waals surface area contributed by atoms with Gasteiger partial charge in [0.25, 0.3) is 5.91 Å². The lowest BCUT2D eigenvalue weighted by Gasteiger charge is -2.43. The molecular weight excluding hydrogens is 608 g/mol. The molecule has 5 rings (SSSR count). The quantitative estimate of drug-likeness (QED) is 0.267. The topological polar surface area (TPSA) is 92.4 Å². The normalized spacial score (nSPS) is 17.0. The maximum Gasteiger partial charge on any atom is 0.573 e. The Kier molecular flexibility index (Phi) is 8.68. The first-order chi connectivity index (χ1) is 21.2. The average Bonchev–Trinajstić information content (AvgIpc) is 3.39. The molecule has 0 unspecified atom stereocenters. The number of para-hydroxylation sites is 1. The van der Waals surface area contributed by atoms with Gasteiger partial charge in [-0.3, -0.25) is 9.69 Å². The number of ether oxygens (including phenoxy) is 2. The first-order valence-electron chi connectivity index (χ1n) is 13.8. The van der Waals surface area contributed by atoms with Crippen LogP contribution in [0.5, 0.6) is 11.5 Å². The minimum atomic E-state index is -4.94. The van der Waals surface area contributed by atoms with Crippen LogP contribution in [-0.4, -0.2) is 81.2 Å². The maximum atomic E-state index is 14.3. The summed E-state index contributed by atoms with van der Waals surface area (Å²) in [5.74, 6) is -0.554. The third kappa shape index (κ3) is 6.40. The smallest absolute Gasteiger partial charge is 0.497 e. The standard InChI is InChI=1S/C30H29F6N5O4/c1-17-15-39(23(16-42)21-6-4-5-7-24(21)45-30(34,35)36)12-13-40(17)28(43)22-14-37-41-26(29(31,32)33)18(2)25(38-27(22)41)19-8-10-20(44-3)11-9-19/h4-11,14,17,23,42H,12-13,15-16H2,1-3H3/t17-,23+/m1/s1. The number of aliphatic hydroxyl groups is 1. The number of halogens is 6. The van der Waals surface area contributed by atoms with Crippen molar-refractivity contribution in [1.29, 1.82) is 0 Å². The van der Waals surface area contributed by atoms with E-state index in [1.807, 2.05) is 0 Å². The van der Waals surface area contributed by atoms with E-state index in [1.54, 1.807) is 36.1 Å². The zero-order valence-electron chi connectivity index (χ0n) is 24.4. The molecule has 45 heavy (non-hydrogen) atoms. The second-order valence-electron chi connectivity index (χ2n) is 10.6. The molecule has 2 atom stereocenters. The van der Waals surface area contributed by atoms with Gasteiger partial charge in [0.1, 0.15) is 17.1 Å². The highest BCUT2D eigenvalue weighted by molar-refractivity contribution is 6.00. The average molecular weight is 638 g/mol. The van der Waals surface area contributed by atoms with E-state index in [0.717, 1.165) is 12.3 Å². The van der Waals surface area contributed by atoms with Crippen molar-refractivity contribution >= 4 is 11.6 Å². The van der Waals surface area contributed by atoms with Gasteiger partial charge >= 0.3 is 12.5 Å². The van der Waals surface area contributed by atoms with Crippen LogP contribution in [0.2, 0.25) is 0 Å². The number of piperazine rings is 1. The number of methoxy groups -OCH3 is 1. The summed E-state index contributed by atoms with van der Waals surface area (Å²) in [5.41, 5.74) is -1.13. The van der Waals surface area contributed by atoms with E-state index in [9.17, 15) is 36.2 Å². The van der Waals surface area contributed by atoms with Crippen LogP contribution in [-0.2, 0) is 6.18 Å². The maximum absolute atomic E-state index is 14.3. The summed E-state index contributed by atoms with van der Waals surface area (Å²) in [6.07, 6.45) is -8.70. The van der Waals surface area contributed by atoms with Crippen molar-refractivity contribution < 1.29 is 45.7 Å². The lowest BCUT2D eigenvalue weighted by atomic mass is 10.0. The van der Waals surface area contributed by atoms with Gasteiger partial charge in [-0.15, -0.1) is 13.2 Å². The van der Waals surface area contributed by atoms with Gasteiger partial charge in [0.15, 0.2) is 11.3 Å². The van der Waals surface area contributed by atoms with Crippen LogP contribution in [0, 0.1) is 6.92 Å². The molecule has 9 nitrogen and oxygen atoms in total. The molecule has 0 aliphatic carbocycles. The molecule has 0 saturated carbocycles. The molecule has 1 amide bonds. The first kappa shape index (κ1) is 32.0. The Morgan fingerprint density at radius 2 is 1.76 bits per heavy atom. The number of carbonyl (C=O) groups is 1. The van der Waals surface area contributed by atoms with Crippen molar-refractivity contribution in [3.05, 3.63) is 77.1 Å². The summed E-state index contributed by atoms with van der Waals surface area (Å²) < 4.78 is 92.0. The number of aromatic nitrogens is 3. The largest absolute Gasteiger partial charge is 0.573 e. The van der Waals surface area contributed by atoms with E-state index in [0.29, 0.717) is 15.8 Å². The predicted octanol–water partition coefficient (Wildman–Crippen LogP) is 5.51. The second-order valence-corrected chi connectivity index (χ2v) is 10.6. The molecule has 1 aliphatic heterocycles. The number of hydrogen-bond acceptors (Lipinski definition) is 7. The van der Waals surface area contributed by atoms with Gasteiger partial charge in [-0.05, 0) is 44.2 Å². The number of benzene rings is 2. The number of nitrogens with zero attached hydrogens (tertiary/aromatic N) is 5. The Morgan fingerprint density at radius 1 is 1.07 bits per heavy atom. The molecule has 1 fully saturated rings. The molecule has 0 spiro atoms. The van der Waals surface area contributed by atoms with Gasteiger partial charge in [-0.1, -0.05) is 18.2 Å². The highest BCUT2D eigenvalue weighted by atomic mass is 19.4. The lowest BCUT2D eigenvalue weighted by Crippen LogP contribution is -2.55. The molecule has 1 aliphatic rings. The van der Waals surface area contributed by atoms with Crippen LogP contribution in [0.3, 0.4) is 0 Å². The van der Waals surface area contributed by atoms with E-state index in [4.69, 9.17) is 4.74 Å². The van der Waals surface area contributed by atoms with Crippen LogP contribution in [0.15, 0.2) is 54.7 Å². The molecule has 3 heterocycles. The monoisotopic (exact) mass is 637 g/mol. The van der Waals surface area contributed by atoms with E-state index in [1.165, 1.54) is 37.1 Å². The van der Waals surface area contributed by atoms with Gasteiger partial charge in [0.05, 0.1) is 31.6 Å². The molecule has 0 radical (unpaired) electrons. The molecule has 1 N–H and O–H groups in total. The number of alkyl halides is 6. The predicted molar refractivity (Wildman–Crippen MR) is 150 cm³/mol. The number of carbonyl (C=O) groups excluding carboxylic acids is 1. The van der Waals surface area contributed by atoms with Crippen molar-refractivity contribution in [1.82, 2.24) is 24.4 Å². The number of amides is 1. The van der Waals surface area contributed by atoms with Gasteiger partial charge in [0, 0.05) is 42.4 Å². The van der Waals surface area contributed by atoms with Crippen molar-refractivity contribution in [3.8, 4) is 22.8 Å². The third-order valence-electron chi connectivity index (χ3n) is 7.78. The Hall–Kier alpha value is -4.37. The van der Waals surface area contributed by atoms with E-state index < -0.39 is 48.6 Å². The van der Waals surface area contributed by atoms with Crippen LogP contribution < -0.4 is 9.47 Å². The highest BCUT2D eigenvalue weighted by Crippen LogP contribution is 2.38. The molecule has 2 aromatic carbocycles. The second kappa shape index (κ2) is 12.2. The van der Waals surface area contributed by atoms with Crippen LogP contribution in [0.1, 0.15) is 40.1 Å². The van der Waals surface area contributed by atoms with Gasteiger partial charge in [0.2, 0.25) is 0 Å².